The van der Waals surface area contributed by atoms with E-state index in [-0.39, 0.29) is 18.2 Å². The first-order valence-corrected chi connectivity index (χ1v) is 6.72. The summed E-state index contributed by atoms with van der Waals surface area (Å²) >= 11 is 1.62. The molecular weight excluding hydrogens is 244 g/mol. The van der Waals surface area contributed by atoms with E-state index in [0.717, 1.165) is 0 Å². The Hall–Kier alpha value is -0.950. The fourth-order valence-corrected chi connectivity index (χ4v) is 1.94. The molecule has 0 aliphatic carbocycles. The zero-order valence-corrected chi connectivity index (χ0v) is 10.7. The van der Waals surface area contributed by atoms with Crippen molar-refractivity contribution >= 4 is 23.8 Å². The van der Waals surface area contributed by atoms with E-state index in [4.69, 9.17) is 5.11 Å². The minimum Gasteiger partial charge on any atom is -0.480 e. The Kier molecular flexibility index (Phi) is 5.07. The third-order valence-electron chi connectivity index (χ3n) is 2.77. The summed E-state index contributed by atoms with van der Waals surface area (Å²) in [5.74, 6) is -1.07. The van der Waals surface area contributed by atoms with Crippen LogP contribution in [-0.4, -0.2) is 63.9 Å². The lowest BCUT2D eigenvalue weighted by molar-refractivity contribution is -0.141. The number of nitrogens with one attached hydrogen (secondary N) is 1. The van der Waals surface area contributed by atoms with E-state index in [1.165, 1.54) is 4.90 Å². The second-order valence-electron chi connectivity index (χ2n) is 4.13. The summed E-state index contributed by atoms with van der Waals surface area (Å²) in [6, 6.07) is -1.34. The number of amides is 2. The van der Waals surface area contributed by atoms with Gasteiger partial charge in [-0.15, -0.1) is 0 Å². The van der Waals surface area contributed by atoms with Crippen LogP contribution in [0.3, 0.4) is 0 Å². The SMILES string of the molecule is CSC(C)CNC(=O)N1C[C@@H](O)C[C@H]1C(=O)O. The molecule has 0 aromatic carbocycles. The molecule has 1 rings (SSSR count). The number of carboxylic acids is 1. The average Bonchev–Trinajstić information content (AvgIpc) is 2.67. The molecular formula is C10H18N2O4S. The number of carbonyl (C=O) groups is 2. The van der Waals surface area contributed by atoms with E-state index in [2.05, 4.69) is 5.32 Å². The summed E-state index contributed by atoms with van der Waals surface area (Å²) in [5.41, 5.74) is 0. The summed E-state index contributed by atoms with van der Waals surface area (Å²) in [7, 11) is 0. The molecule has 0 saturated carbocycles. The van der Waals surface area contributed by atoms with Crippen molar-refractivity contribution in [1.82, 2.24) is 10.2 Å². The first-order chi connectivity index (χ1) is 7.95. The highest BCUT2D eigenvalue weighted by Gasteiger charge is 2.38. The van der Waals surface area contributed by atoms with Gasteiger partial charge >= 0.3 is 12.0 Å². The zero-order valence-electron chi connectivity index (χ0n) is 9.92. The normalized spacial score (nSPS) is 25.7. The summed E-state index contributed by atoms with van der Waals surface area (Å²) < 4.78 is 0. The molecule has 17 heavy (non-hydrogen) atoms. The minimum atomic E-state index is -1.07. The largest absolute Gasteiger partial charge is 0.480 e. The molecule has 2 amide bonds. The lowest BCUT2D eigenvalue weighted by Crippen LogP contribution is -2.47. The van der Waals surface area contributed by atoms with Crippen molar-refractivity contribution in [3.05, 3.63) is 0 Å². The van der Waals surface area contributed by atoms with Gasteiger partial charge in [0.1, 0.15) is 6.04 Å². The molecule has 6 nitrogen and oxygen atoms in total. The highest BCUT2D eigenvalue weighted by Crippen LogP contribution is 2.18. The molecule has 1 aliphatic rings. The number of nitrogens with zero attached hydrogens (tertiary/aromatic N) is 1. The van der Waals surface area contributed by atoms with Crippen molar-refractivity contribution < 1.29 is 19.8 Å². The predicted molar refractivity (Wildman–Crippen MR) is 65.1 cm³/mol. The molecule has 3 atom stereocenters. The Balaban J connectivity index is 2.52. The van der Waals surface area contributed by atoms with Gasteiger partial charge in [-0.1, -0.05) is 6.92 Å². The van der Waals surface area contributed by atoms with Gasteiger partial charge in [0, 0.05) is 24.8 Å². The quantitative estimate of drug-likeness (QED) is 0.662. The van der Waals surface area contributed by atoms with Crippen LogP contribution >= 0.6 is 11.8 Å². The van der Waals surface area contributed by atoms with Crippen molar-refractivity contribution in [1.29, 1.82) is 0 Å². The Morgan fingerprint density at radius 2 is 2.24 bits per heavy atom. The van der Waals surface area contributed by atoms with Gasteiger partial charge in [0.2, 0.25) is 0 Å². The fourth-order valence-electron chi connectivity index (χ4n) is 1.69. The van der Waals surface area contributed by atoms with Crippen LogP contribution in [0.4, 0.5) is 4.79 Å². The monoisotopic (exact) mass is 262 g/mol. The van der Waals surface area contributed by atoms with Gasteiger partial charge in [-0.25, -0.2) is 9.59 Å². The number of hydrogen-bond donors (Lipinski definition) is 3. The molecule has 98 valence electrons. The fraction of sp³-hybridized carbons (Fsp3) is 0.800. The number of likely N-dealkylation sites (tertiary alicyclic amines) is 1. The molecule has 0 spiro atoms. The Morgan fingerprint density at radius 3 is 2.76 bits per heavy atom. The van der Waals surface area contributed by atoms with Gasteiger partial charge in [0.15, 0.2) is 0 Å². The maximum absolute atomic E-state index is 11.8. The van der Waals surface area contributed by atoms with E-state index in [0.29, 0.717) is 6.54 Å². The van der Waals surface area contributed by atoms with Crippen molar-refractivity contribution in [3.8, 4) is 0 Å². The van der Waals surface area contributed by atoms with Crippen LogP contribution in [0, 0.1) is 0 Å². The Bertz CT molecular complexity index is 300. The van der Waals surface area contributed by atoms with Crippen LogP contribution < -0.4 is 5.32 Å². The number of β-amino-alcohol motifs (C(OH)–C–C–N with tert-alkyl or cyclic N) is 1. The summed E-state index contributed by atoms with van der Waals surface area (Å²) in [6.07, 6.45) is 1.29. The molecule has 1 unspecified atom stereocenters. The predicted octanol–water partition coefficient (Wildman–Crippen LogP) is -0.0327. The van der Waals surface area contributed by atoms with Crippen molar-refractivity contribution in [2.24, 2.45) is 0 Å². The van der Waals surface area contributed by atoms with Gasteiger partial charge in [-0.3, -0.25) is 0 Å². The molecule has 1 heterocycles. The number of rotatable bonds is 4. The smallest absolute Gasteiger partial charge is 0.326 e. The molecule has 0 aromatic heterocycles. The average molecular weight is 262 g/mol. The molecule has 1 fully saturated rings. The summed E-state index contributed by atoms with van der Waals surface area (Å²) in [6.45, 7) is 2.54. The van der Waals surface area contributed by atoms with Gasteiger partial charge in [0.05, 0.1) is 6.10 Å². The van der Waals surface area contributed by atoms with Crippen LogP contribution in [0.5, 0.6) is 0 Å². The Labute approximate surface area is 104 Å². The lowest BCUT2D eigenvalue weighted by atomic mass is 10.2. The molecule has 1 saturated heterocycles. The minimum absolute atomic E-state index is 0.0798. The van der Waals surface area contributed by atoms with Crippen LogP contribution in [0.1, 0.15) is 13.3 Å². The molecule has 1 aliphatic heterocycles. The van der Waals surface area contributed by atoms with Gasteiger partial charge in [-0.05, 0) is 6.26 Å². The number of aliphatic carboxylic acids is 1. The number of urea groups is 1. The van der Waals surface area contributed by atoms with Gasteiger partial charge < -0.3 is 20.4 Å². The molecule has 7 heteroatoms. The first kappa shape index (κ1) is 14.1. The number of thioether (sulfide) groups is 1. The van der Waals surface area contributed by atoms with E-state index in [9.17, 15) is 14.7 Å². The van der Waals surface area contributed by atoms with Crippen LogP contribution in [0.25, 0.3) is 0 Å². The van der Waals surface area contributed by atoms with E-state index in [1.54, 1.807) is 11.8 Å². The maximum atomic E-state index is 11.8. The third-order valence-corrected chi connectivity index (χ3v) is 3.74. The standard InChI is InChI=1S/C10H18N2O4S/c1-6(17-2)4-11-10(16)12-5-7(13)3-8(12)9(14)15/h6-8,13H,3-5H2,1-2H3,(H,11,16)(H,14,15)/t6?,7-,8-/m0/s1. The van der Waals surface area contributed by atoms with Gasteiger partial charge in [-0.2, -0.15) is 11.8 Å². The van der Waals surface area contributed by atoms with Crippen molar-refractivity contribution in [3.63, 3.8) is 0 Å². The van der Waals surface area contributed by atoms with E-state index >= 15 is 0 Å². The molecule has 3 N–H and O–H groups in total. The lowest BCUT2D eigenvalue weighted by Gasteiger charge is -2.22. The van der Waals surface area contributed by atoms with Crippen molar-refractivity contribution in [2.45, 2.75) is 30.7 Å². The van der Waals surface area contributed by atoms with Gasteiger partial charge in [0.25, 0.3) is 0 Å². The second-order valence-corrected chi connectivity index (χ2v) is 5.40. The number of aliphatic hydroxyl groups excluding tert-OH is 1. The number of carbonyl (C=O) groups excluding carboxylic acids is 1. The third kappa shape index (κ3) is 3.78. The number of carboxylic acid groups (broad SMARTS) is 1. The highest BCUT2D eigenvalue weighted by molar-refractivity contribution is 7.99. The number of hydrogen-bond acceptors (Lipinski definition) is 4. The first-order valence-electron chi connectivity index (χ1n) is 5.43. The summed E-state index contributed by atoms with van der Waals surface area (Å²) in [5, 5.41) is 21.3. The molecule has 0 aromatic rings. The van der Waals surface area contributed by atoms with Crippen LogP contribution in [0.2, 0.25) is 0 Å². The zero-order chi connectivity index (χ0) is 13.0. The maximum Gasteiger partial charge on any atom is 0.326 e. The second kappa shape index (κ2) is 6.11. The molecule has 0 bridgehead atoms. The molecule has 0 radical (unpaired) electrons. The van der Waals surface area contributed by atoms with Crippen molar-refractivity contribution in [2.75, 3.05) is 19.3 Å². The van der Waals surface area contributed by atoms with Crippen LogP contribution in [0.15, 0.2) is 0 Å². The number of aliphatic hydroxyl groups is 1. The van der Waals surface area contributed by atoms with Crippen LogP contribution in [-0.2, 0) is 4.79 Å². The van der Waals surface area contributed by atoms with E-state index in [1.807, 2.05) is 13.2 Å². The van der Waals surface area contributed by atoms with E-state index < -0.39 is 24.1 Å². The topological polar surface area (TPSA) is 89.9 Å². The Morgan fingerprint density at radius 1 is 1.59 bits per heavy atom. The highest BCUT2D eigenvalue weighted by atomic mass is 32.2. The summed E-state index contributed by atoms with van der Waals surface area (Å²) in [4.78, 5) is 23.9.